The molecule has 0 spiro atoms. The molecule has 0 aromatic heterocycles. The van der Waals surface area contributed by atoms with Gasteiger partial charge in [0.05, 0.1) is 0 Å². The molecule has 1 heterocycles. The number of rotatable bonds is 6. The summed E-state index contributed by atoms with van der Waals surface area (Å²) >= 11 is 0. The fourth-order valence-corrected chi connectivity index (χ4v) is 3.48. The number of ether oxygens (including phenoxy) is 1. The topological polar surface area (TPSA) is 87.0 Å². The largest absolute Gasteiger partial charge is 0.508 e. The van der Waals surface area contributed by atoms with Gasteiger partial charge in [0.25, 0.3) is 0 Å². The minimum Gasteiger partial charge on any atom is -0.508 e. The number of hydrogen-bond donors (Lipinski definition) is 3. The Morgan fingerprint density at radius 3 is 2.52 bits per heavy atom. The number of fused-ring (bicyclic) bond motifs is 1. The summed E-state index contributed by atoms with van der Waals surface area (Å²) in [7, 11) is 0. The second-order valence-electron chi connectivity index (χ2n) is 8.12. The van der Waals surface area contributed by atoms with Crippen LogP contribution in [0.1, 0.15) is 56.4 Å². The first-order chi connectivity index (χ1) is 13.8. The van der Waals surface area contributed by atoms with Crippen molar-refractivity contribution in [2.24, 2.45) is 5.92 Å². The highest BCUT2D eigenvalue weighted by atomic mass is 16.5. The van der Waals surface area contributed by atoms with E-state index in [-0.39, 0.29) is 29.5 Å². The van der Waals surface area contributed by atoms with Gasteiger partial charge >= 0.3 is 0 Å². The molecule has 1 aliphatic heterocycles. The number of Topliss-reactive ketones (excluding diaryl/α,β-unsaturated/α-hetero) is 1. The highest BCUT2D eigenvalue weighted by Crippen LogP contribution is 2.44. The van der Waals surface area contributed by atoms with E-state index in [2.05, 4.69) is 26.8 Å². The molecule has 1 aliphatic rings. The monoisotopic (exact) mass is 396 g/mol. The Balaban J connectivity index is 1.93. The van der Waals surface area contributed by atoms with Gasteiger partial charge in [0.1, 0.15) is 23.0 Å². The van der Waals surface area contributed by atoms with Crippen molar-refractivity contribution in [3.8, 4) is 23.0 Å². The zero-order valence-corrected chi connectivity index (χ0v) is 17.1. The van der Waals surface area contributed by atoms with Gasteiger partial charge in [-0.05, 0) is 44.2 Å². The van der Waals surface area contributed by atoms with Gasteiger partial charge in [-0.15, -0.1) is 0 Å². The number of ketones is 1. The standard InChI is InChI=1S/C24H28O5/c1-14(2)4-5-15(3)6-11-18-20(26)13-21(27)19-12-22(28)23(29-24(18)19)16-7-9-17(25)10-8-16/h6-10,13-14,23,25-27H,4-5,11-12H2,1-3H3. The highest BCUT2D eigenvalue weighted by molar-refractivity contribution is 5.90. The number of aromatic hydroxyl groups is 3. The quantitative estimate of drug-likeness (QED) is 0.600. The van der Waals surface area contributed by atoms with Gasteiger partial charge in [0, 0.05) is 29.2 Å². The van der Waals surface area contributed by atoms with E-state index in [0.717, 1.165) is 12.8 Å². The molecule has 0 amide bonds. The second kappa shape index (κ2) is 8.60. The van der Waals surface area contributed by atoms with Gasteiger partial charge in [-0.3, -0.25) is 4.79 Å². The molecular weight excluding hydrogens is 368 g/mol. The lowest BCUT2D eigenvalue weighted by Crippen LogP contribution is -2.26. The molecule has 0 bridgehead atoms. The molecule has 1 unspecified atom stereocenters. The summed E-state index contributed by atoms with van der Waals surface area (Å²) in [4.78, 5) is 12.6. The van der Waals surface area contributed by atoms with Crippen LogP contribution in [0.3, 0.4) is 0 Å². The maximum Gasteiger partial charge on any atom is 0.182 e. The minimum atomic E-state index is -0.839. The molecular formula is C24H28O5. The van der Waals surface area contributed by atoms with Crippen LogP contribution in [0.4, 0.5) is 0 Å². The molecule has 0 aliphatic carbocycles. The molecule has 2 aromatic carbocycles. The lowest BCUT2D eigenvalue weighted by atomic mass is 9.92. The van der Waals surface area contributed by atoms with E-state index in [1.165, 1.54) is 23.8 Å². The molecule has 1 atom stereocenters. The lowest BCUT2D eigenvalue weighted by molar-refractivity contribution is -0.126. The van der Waals surface area contributed by atoms with Crippen molar-refractivity contribution in [2.75, 3.05) is 0 Å². The lowest BCUT2D eigenvalue weighted by Gasteiger charge is -2.28. The van der Waals surface area contributed by atoms with E-state index in [1.807, 2.05) is 0 Å². The third kappa shape index (κ3) is 4.73. The van der Waals surface area contributed by atoms with E-state index in [4.69, 9.17) is 4.74 Å². The molecule has 0 saturated carbocycles. The van der Waals surface area contributed by atoms with Crippen LogP contribution in [0.2, 0.25) is 0 Å². The maximum absolute atomic E-state index is 12.6. The van der Waals surface area contributed by atoms with Crippen LogP contribution in [-0.4, -0.2) is 21.1 Å². The Kier molecular flexibility index (Phi) is 6.16. The zero-order valence-electron chi connectivity index (χ0n) is 17.1. The third-order valence-electron chi connectivity index (χ3n) is 5.29. The number of carbonyl (C=O) groups excluding carboxylic acids is 1. The summed E-state index contributed by atoms with van der Waals surface area (Å²) in [6.07, 6.45) is 3.77. The van der Waals surface area contributed by atoms with E-state index in [9.17, 15) is 20.1 Å². The SMILES string of the molecule is CC(=CCc1c(O)cc(O)c2c1OC(c1ccc(O)cc1)C(=O)C2)CCC(C)C. The van der Waals surface area contributed by atoms with Crippen molar-refractivity contribution in [3.05, 3.63) is 58.7 Å². The van der Waals surface area contributed by atoms with Crippen molar-refractivity contribution < 1.29 is 24.9 Å². The fourth-order valence-electron chi connectivity index (χ4n) is 3.48. The molecule has 3 N–H and O–H groups in total. The van der Waals surface area contributed by atoms with E-state index >= 15 is 0 Å². The van der Waals surface area contributed by atoms with E-state index < -0.39 is 6.10 Å². The van der Waals surface area contributed by atoms with Crippen LogP contribution in [0, 0.1) is 5.92 Å². The Hall–Kier alpha value is -2.95. The minimum absolute atomic E-state index is 0.0238. The van der Waals surface area contributed by atoms with Gasteiger partial charge in [0.15, 0.2) is 11.9 Å². The molecule has 2 aromatic rings. The van der Waals surface area contributed by atoms with Crippen molar-refractivity contribution in [3.63, 3.8) is 0 Å². The average molecular weight is 396 g/mol. The van der Waals surface area contributed by atoms with Gasteiger partial charge in [0.2, 0.25) is 0 Å². The highest BCUT2D eigenvalue weighted by Gasteiger charge is 2.33. The number of phenolic OH excluding ortho intramolecular Hbond substituents is 3. The Morgan fingerprint density at radius 2 is 1.86 bits per heavy atom. The van der Waals surface area contributed by atoms with Crippen LogP contribution in [0.25, 0.3) is 0 Å². The molecule has 0 fully saturated rings. The van der Waals surface area contributed by atoms with E-state index in [1.54, 1.807) is 12.1 Å². The summed E-state index contributed by atoms with van der Waals surface area (Å²) in [5.74, 6) is 0.725. The predicted molar refractivity (Wildman–Crippen MR) is 111 cm³/mol. The van der Waals surface area contributed by atoms with Crippen molar-refractivity contribution in [2.45, 2.75) is 52.6 Å². The van der Waals surface area contributed by atoms with Crippen molar-refractivity contribution in [1.29, 1.82) is 0 Å². The maximum atomic E-state index is 12.6. The summed E-state index contributed by atoms with van der Waals surface area (Å²) in [6, 6.07) is 7.57. The number of carbonyl (C=O) groups is 1. The van der Waals surface area contributed by atoms with Crippen LogP contribution in [0.5, 0.6) is 23.0 Å². The summed E-state index contributed by atoms with van der Waals surface area (Å²) in [5.41, 5.74) is 2.82. The van der Waals surface area contributed by atoms with Gasteiger partial charge < -0.3 is 20.1 Å². The predicted octanol–water partition coefficient (Wildman–Crippen LogP) is 4.97. The van der Waals surface area contributed by atoms with Crippen LogP contribution >= 0.6 is 0 Å². The van der Waals surface area contributed by atoms with E-state index in [0.29, 0.717) is 34.8 Å². The fraction of sp³-hybridized carbons (Fsp3) is 0.375. The van der Waals surface area contributed by atoms with Crippen LogP contribution in [-0.2, 0) is 17.6 Å². The molecule has 0 radical (unpaired) electrons. The zero-order chi connectivity index (χ0) is 21.1. The van der Waals surface area contributed by atoms with Gasteiger partial charge in [-0.1, -0.05) is 37.6 Å². The summed E-state index contributed by atoms with van der Waals surface area (Å²) < 4.78 is 6.01. The number of phenols is 3. The Bertz CT molecular complexity index is 925. The average Bonchev–Trinajstić information content (AvgIpc) is 2.67. The molecule has 29 heavy (non-hydrogen) atoms. The molecule has 5 heteroatoms. The second-order valence-corrected chi connectivity index (χ2v) is 8.12. The smallest absolute Gasteiger partial charge is 0.182 e. The first kappa shape index (κ1) is 20.8. The van der Waals surface area contributed by atoms with Crippen molar-refractivity contribution in [1.82, 2.24) is 0 Å². The van der Waals surface area contributed by atoms with Gasteiger partial charge in [-0.25, -0.2) is 0 Å². The molecule has 3 rings (SSSR count). The Labute approximate surface area is 171 Å². The summed E-state index contributed by atoms with van der Waals surface area (Å²) in [5, 5.41) is 30.2. The normalized spacial score (nSPS) is 16.6. The Morgan fingerprint density at radius 1 is 1.17 bits per heavy atom. The molecule has 0 saturated heterocycles. The number of benzene rings is 2. The molecule has 5 nitrogen and oxygen atoms in total. The summed E-state index contributed by atoms with van der Waals surface area (Å²) in [6.45, 7) is 6.43. The third-order valence-corrected chi connectivity index (χ3v) is 5.29. The number of allylic oxidation sites excluding steroid dienone is 2. The molecule has 154 valence electrons. The van der Waals surface area contributed by atoms with Crippen LogP contribution in [0.15, 0.2) is 42.0 Å². The van der Waals surface area contributed by atoms with Crippen LogP contribution < -0.4 is 4.74 Å². The first-order valence-corrected chi connectivity index (χ1v) is 9.96. The van der Waals surface area contributed by atoms with Gasteiger partial charge in [-0.2, -0.15) is 0 Å². The van der Waals surface area contributed by atoms with Crippen molar-refractivity contribution >= 4 is 5.78 Å². The number of hydrogen-bond acceptors (Lipinski definition) is 5. The first-order valence-electron chi connectivity index (χ1n) is 9.96.